The Kier molecular flexibility index (Phi) is 4.19. The van der Waals surface area contributed by atoms with Crippen molar-refractivity contribution in [2.75, 3.05) is 13.6 Å². The quantitative estimate of drug-likeness (QED) is 0.603. The lowest BCUT2D eigenvalue weighted by molar-refractivity contribution is -0.386. The van der Waals surface area contributed by atoms with Gasteiger partial charge in [-0.1, -0.05) is 0 Å². The van der Waals surface area contributed by atoms with E-state index in [1.807, 2.05) is 6.92 Å². The molecule has 6 heteroatoms. The number of likely N-dealkylation sites (N-methyl/N-ethyl adjacent to an activating group) is 1. The molecular formula is C10H15N3O3. The molecule has 1 unspecified atom stereocenters. The van der Waals surface area contributed by atoms with Crippen LogP contribution < -0.4 is 10.1 Å². The van der Waals surface area contributed by atoms with Gasteiger partial charge in [-0.15, -0.1) is 0 Å². The van der Waals surface area contributed by atoms with Crippen LogP contribution in [0.3, 0.4) is 0 Å². The Balaban J connectivity index is 2.95. The number of hydrogen-bond acceptors (Lipinski definition) is 5. The lowest BCUT2D eigenvalue weighted by Crippen LogP contribution is -2.26. The molecule has 0 aromatic carbocycles. The normalized spacial score (nSPS) is 12.2. The van der Waals surface area contributed by atoms with E-state index in [-0.39, 0.29) is 17.7 Å². The van der Waals surface area contributed by atoms with Crippen LogP contribution >= 0.6 is 0 Å². The molecule has 1 heterocycles. The molecule has 0 amide bonds. The summed E-state index contributed by atoms with van der Waals surface area (Å²) in [4.78, 5) is 14.3. The van der Waals surface area contributed by atoms with E-state index in [0.29, 0.717) is 12.1 Å². The van der Waals surface area contributed by atoms with Crippen LogP contribution in [-0.4, -0.2) is 29.6 Å². The van der Waals surface area contributed by atoms with Crippen molar-refractivity contribution in [3.05, 3.63) is 27.9 Å². The minimum absolute atomic E-state index is 0.0644. The minimum Gasteiger partial charge on any atom is -0.468 e. The number of aromatic nitrogens is 1. The molecule has 0 spiro atoms. The highest BCUT2D eigenvalue weighted by Crippen LogP contribution is 2.28. The van der Waals surface area contributed by atoms with Crippen LogP contribution in [0.5, 0.6) is 5.88 Å². The molecule has 6 nitrogen and oxygen atoms in total. The van der Waals surface area contributed by atoms with Gasteiger partial charge in [0, 0.05) is 18.3 Å². The molecule has 16 heavy (non-hydrogen) atoms. The van der Waals surface area contributed by atoms with Crippen molar-refractivity contribution in [3.63, 3.8) is 0 Å². The summed E-state index contributed by atoms with van der Waals surface area (Å²) < 4.78 is 5.41. The Morgan fingerprint density at radius 3 is 2.94 bits per heavy atom. The van der Waals surface area contributed by atoms with Crippen molar-refractivity contribution < 1.29 is 9.66 Å². The third-order valence-electron chi connectivity index (χ3n) is 2.08. The monoisotopic (exact) mass is 225 g/mol. The molecule has 0 aliphatic carbocycles. The summed E-state index contributed by atoms with van der Waals surface area (Å²) in [7, 11) is 1.79. The first-order chi connectivity index (χ1) is 7.56. The van der Waals surface area contributed by atoms with Gasteiger partial charge in [-0.05, 0) is 27.0 Å². The van der Waals surface area contributed by atoms with Gasteiger partial charge < -0.3 is 10.1 Å². The van der Waals surface area contributed by atoms with Crippen LogP contribution in [0.25, 0.3) is 0 Å². The second-order valence-electron chi connectivity index (χ2n) is 3.52. The van der Waals surface area contributed by atoms with E-state index in [4.69, 9.17) is 4.74 Å². The predicted octanol–water partition coefficient (Wildman–Crippen LogP) is 1.28. The average Bonchev–Trinajstić information content (AvgIpc) is 2.17. The first kappa shape index (κ1) is 12.4. The summed E-state index contributed by atoms with van der Waals surface area (Å²) in [5.41, 5.74) is 0.483. The summed E-state index contributed by atoms with van der Waals surface area (Å²) in [6, 6.07) is 1.59. The number of aryl methyl sites for hydroxylation is 1. The largest absolute Gasteiger partial charge is 0.468 e. The van der Waals surface area contributed by atoms with Crippen molar-refractivity contribution in [1.29, 1.82) is 0 Å². The second kappa shape index (κ2) is 5.41. The molecule has 0 fully saturated rings. The molecule has 0 radical (unpaired) electrons. The summed E-state index contributed by atoms with van der Waals surface area (Å²) in [5.74, 6) is 0.0766. The number of nitro groups is 1. The third kappa shape index (κ3) is 2.90. The second-order valence-corrected chi connectivity index (χ2v) is 3.52. The first-order valence-corrected chi connectivity index (χ1v) is 4.97. The first-order valence-electron chi connectivity index (χ1n) is 4.97. The number of pyridine rings is 1. The van der Waals surface area contributed by atoms with Crippen LogP contribution in [0.1, 0.15) is 12.5 Å². The van der Waals surface area contributed by atoms with Crippen LogP contribution in [-0.2, 0) is 0 Å². The van der Waals surface area contributed by atoms with Gasteiger partial charge >= 0.3 is 5.69 Å². The smallest absolute Gasteiger partial charge is 0.333 e. The molecule has 0 saturated heterocycles. The number of ether oxygens (including phenoxy) is 1. The highest BCUT2D eigenvalue weighted by Gasteiger charge is 2.21. The molecule has 88 valence electrons. The lowest BCUT2D eigenvalue weighted by atomic mass is 10.2. The van der Waals surface area contributed by atoms with Gasteiger partial charge in [0.15, 0.2) is 0 Å². The fourth-order valence-electron chi connectivity index (χ4n) is 1.35. The predicted molar refractivity (Wildman–Crippen MR) is 59.6 cm³/mol. The molecule has 1 aromatic rings. The lowest BCUT2D eigenvalue weighted by Gasteiger charge is -2.13. The van der Waals surface area contributed by atoms with Gasteiger partial charge in [0.05, 0.1) is 4.92 Å². The molecule has 0 aliphatic rings. The summed E-state index contributed by atoms with van der Waals surface area (Å²) >= 11 is 0. The van der Waals surface area contributed by atoms with E-state index in [2.05, 4.69) is 10.3 Å². The standard InChI is InChI=1S/C10H15N3O3/c1-7-4-5-12-10(9(7)13(14)15)16-8(2)6-11-3/h4-5,8,11H,6H2,1-3H3. The Morgan fingerprint density at radius 1 is 1.69 bits per heavy atom. The number of nitrogens with one attached hydrogen (secondary N) is 1. The highest BCUT2D eigenvalue weighted by molar-refractivity contribution is 5.47. The third-order valence-corrected chi connectivity index (χ3v) is 2.08. The zero-order valence-electron chi connectivity index (χ0n) is 9.56. The van der Waals surface area contributed by atoms with E-state index in [1.165, 1.54) is 6.20 Å². The minimum atomic E-state index is -0.468. The number of rotatable bonds is 5. The van der Waals surface area contributed by atoms with E-state index >= 15 is 0 Å². The molecule has 0 aliphatic heterocycles. The number of hydrogen-bond donors (Lipinski definition) is 1. The number of nitrogens with zero attached hydrogens (tertiary/aromatic N) is 2. The van der Waals surface area contributed by atoms with Gasteiger partial charge in [0.25, 0.3) is 5.88 Å². The Labute approximate surface area is 93.8 Å². The van der Waals surface area contributed by atoms with Gasteiger partial charge in [-0.2, -0.15) is 0 Å². The highest BCUT2D eigenvalue weighted by atomic mass is 16.6. The van der Waals surface area contributed by atoms with Crippen LogP contribution in [0.15, 0.2) is 12.3 Å². The molecule has 0 bridgehead atoms. The summed E-state index contributed by atoms with van der Waals surface area (Å²) in [5, 5.41) is 13.8. The van der Waals surface area contributed by atoms with E-state index in [1.54, 1.807) is 20.0 Å². The van der Waals surface area contributed by atoms with E-state index in [0.717, 1.165) is 0 Å². The molecule has 1 atom stereocenters. The Hall–Kier alpha value is -1.69. The fraction of sp³-hybridized carbons (Fsp3) is 0.500. The average molecular weight is 225 g/mol. The summed E-state index contributed by atoms with van der Waals surface area (Å²) in [6.45, 7) is 4.09. The molecular weight excluding hydrogens is 210 g/mol. The van der Waals surface area contributed by atoms with Crippen LogP contribution in [0.4, 0.5) is 5.69 Å². The molecule has 1 aromatic heterocycles. The molecule has 0 saturated carbocycles. The van der Waals surface area contributed by atoms with Crippen molar-refractivity contribution in [3.8, 4) is 5.88 Å². The Morgan fingerprint density at radius 2 is 2.38 bits per heavy atom. The van der Waals surface area contributed by atoms with Gasteiger partial charge in [0.2, 0.25) is 0 Å². The summed E-state index contributed by atoms with van der Waals surface area (Å²) in [6.07, 6.45) is 1.34. The van der Waals surface area contributed by atoms with E-state index < -0.39 is 4.92 Å². The van der Waals surface area contributed by atoms with E-state index in [9.17, 15) is 10.1 Å². The van der Waals surface area contributed by atoms with Crippen molar-refractivity contribution in [1.82, 2.24) is 10.3 Å². The van der Waals surface area contributed by atoms with Crippen molar-refractivity contribution in [2.45, 2.75) is 20.0 Å². The van der Waals surface area contributed by atoms with Crippen LogP contribution in [0, 0.1) is 17.0 Å². The zero-order valence-corrected chi connectivity index (χ0v) is 9.56. The maximum atomic E-state index is 10.9. The molecule has 1 N–H and O–H groups in total. The fourth-order valence-corrected chi connectivity index (χ4v) is 1.35. The topological polar surface area (TPSA) is 77.3 Å². The maximum Gasteiger partial charge on any atom is 0.333 e. The SMILES string of the molecule is CNCC(C)Oc1nccc(C)c1[N+](=O)[O-]. The van der Waals surface area contributed by atoms with Gasteiger partial charge in [0.1, 0.15) is 6.10 Å². The molecule has 1 rings (SSSR count). The van der Waals surface area contributed by atoms with Crippen LogP contribution in [0.2, 0.25) is 0 Å². The van der Waals surface area contributed by atoms with Gasteiger partial charge in [-0.25, -0.2) is 4.98 Å². The van der Waals surface area contributed by atoms with Gasteiger partial charge in [-0.3, -0.25) is 10.1 Å². The van der Waals surface area contributed by atoms with Crippen molar-refractivity contribution >= 4 is 5.69 Å². The maximum absolute atomic E-state index is 10.9. The zero-order chi connectivity index (χ0) is 12.1. The Bertz CT molecular complexity index is 382. The van der Waals surface area contributed by atoms with Crippen molar-refractivity contribution in [2.24, 2.45) is 0 Å².